The van der Waals surface area contributed by atoms with E-state index in [9.17, 15) is 9.59 Å². The molecule has 0 saturated heterocycles. The Balaban J connectivity index is 1.74. The Kier molecular flexibility index (Phi) is 4.41. The average molecular weight is 366 g/mol. The third-order valence-electron chi connectivity index (χ3n) is 5.33. The van der Waals surface area contributed by atoms with Crippen molar-refractivity contribution < 1.29 is 9.59 Å². The lowest BCUT2D eigenvalue weighted by Gasteiger charge is -2.34. The first-order chi connectivity index (χ1) is 12.5. The van der Waals surface area contributed by atoms with Gasteiger partial charge in [-0.2, -0.15) is 0 Å². The van der Waals surface area contributed by atoms with Gasteiger partial charge in [-0.15, -0.1) is 0 Å². The summed E-state index contributed by atoms with van der Waals surface area (Å²) in [6, 6.07) is 15.7. The molecule has 0 spiro atoms. The number of allylic oxidation sites excluding steroid dienone is 2. The van der Waals surface area contributed by atoms with E-state index in [1.54, 1.807) is 0 Å². The average Bonchev–Trinajstić information content (AvgIpc) is 2.61. The van der Waals surface area contributed by atoms with Gasteiger partial charge < -0.3 is 5.32 Å². The first-order valence-corrected chi connectivity index (χ1v) is 9.28. The number of carbonyl (C=O) groups excluding carboxylic acids is 2. The second-order valence-corrected chi connectivity index (χ2v) is 7.57. The molecule has 0 radical (unpaired) electrons. The molecule has 4 rings (SSSR count). The minimum atomic E-state index is -0.154. The van der Waals surface area contributed by atoms with Gasteiger partial charge in [-0.1, -0.05) is 59.6 Å². The van der Waals surface area contributed by atoms with Crippen molar-refractivity contribution in [2.24, 2.45) is 0 Å². The zero-order chi connectivity index (χ0) is 18.3. The molecule has 26 heavy (non-hydrogen) atoms. The van der Waals surface area contributed by atoms with Crippen LogP contribution in [0.1, 0.15) is 47.8 Å². The van der Waals surface area contributed by atoms with E-state index in [0.717, 1.165) is 28.0 Å². The topological polar surface area (TPSA) is 46.2 Å². The van der Waals surface area contributed by atoms with E-state index in [1.807, 2.05) is 49.4 Å². The second kappa shape index (κ2) is 6.73. The van der Waals surface area contributed by atoms with Crippen LogP contribution in [0.15, 0.2) is 59.8 Å². The molecular weight excluding hydrogens is 346 g/mol. The minimum Gasteiger partial charge on any atom is -0.329 e. The Labute approximate surface area is 158 Å². The van der Waals surface area contributed by atoms with Crippen molar-refractivity contribution in [3.63, 3.8) is 0 Å². The summed E-state index contributed by atoms with van der Waals surface area (Å²) in [7, 11) is 0. The summed E-state index contributed by atoms with van der Waals surface area (Å²) in [5.74, 6) is -0.0598. The maximum absolute atomic E-state index is 13.0. The fourth-order valence-corrected chi connectivity index (χ4v) is 4.45. The van der Waals surface area contributed by atoms with Crippen LogP contribution in [0.25, 0.3) is 0 Å². The predicted molar refractivity (Wildman–Crippen MR) is 102 cm³/mol. The molecule has 4 heteroatoms. The van der Waals surface area contributed by atoms with E-state index in [4.69, 9.17) is 11.6 Å². The van der Waals surface area contributed by atoms with Gasteiger partial charge in [0.1, 0.15) is 0 Å². The molecule has 0 bridgehead atoms. The molecule has 1 aliphatic carbocycles. The second-order valence-electron chi connectivity index (χ2n) is 7.16. The summed E-state index contributed by atoms with van der Waals surface area (Å²) >= 11 is 6.34. The summed E-state index contributed by atoms with van der Waals surface area (Å²) in [5.41, 5.74) is 4.69. The lowest BCUT2D eigenvalue weighted by atomic mass is 9.73. The minimum absolute atomic E-state index is 0.00603. The predicted octanol–water partition coefficient (Wildman–Crippen LogP) is 4.65. The Morgan fingerprint density at radius 2 is 1.81 bits per heavy atom. The number of hydrogen-bond acceptors (Lipinski definition) is 2. The first-order valence-electron chi connectivity index (χ1n) is 8.90. The van der Waals surface area contributed by atoms with E-state index < -0.39 is 0 Å². The quantitative estimate of drug-likeness (QED) is 0.841. The van der Waals surface area contributed by atoms with Crippen LogP contribution in [0.5, 0.6) is 0 Å². The van der Waals surface area contributed by atoms with E-state index >= 15 is 0 Å². The van der Waals surface area contributed by atoms with Crippen molar-refractivity contribution in [1.82, 2.24) is 5.32 Å². The zero-order valence-corrected chi connectivity index (χ0v) is 15.3. The van der Waals surface area contributed by atoms with Crippen LogP contribution in [0.2, 0.25) is 5.02 Å². The molecule has 2 aromatic carbocycles. The molecule has 0 aromatic heterocycles. The molecular formula is C22H20ClNO2. The lowest BCUT2D eigenvalue weighted by molar-refractivity contribution is -0.122. The van der Waals surface area contributed by atoms with E-state index in [2.05, 4.69) is 11.4 Å². The summed E-state index contributed by atoms with van der Waals surface area (Å²) < 4.78 is 0. The molecule has 0 fully saturated rings. The van der Waals surface area contributed by atoms with Gasteiger partial charge in [0.05, 0.1) is 0 Å². The lowest BCUT2D eigenvalue weighted by Crippen LogP contribution is -2.38. The highest BCUT2D eigenvalue weighted by Crippen LogP contribution is 2.43. The van der Waals surface area contributed by atoms with Crippen molar-refractivity contribution in [2.45, 2.75) is 38.0 Å². The number of halogens is 1. The van der Waals surface area contributed by atoms with Crippen molar-refractivity contribution in [1.29, 1.82) is 0 Å². The molecule has 1 aliphatic heterocycles. The van der Waals surface area contributed by atoms with Gasteiger partial charge >= 0.3 is 0 Å². The highest BCUT2D eigenvalue weighted by Gasteiger charge is 2.38. The Morgan fingerprint density at radius 1 is 1.00 bits per heavy atom. The number of benzene rings is 2. The highest BCUT2D eigenvalue weighted by atomic mass is 35.5. The number of carbonyl (C=O) groups is 2. The molecule has 132 valence electrons. The fraction of sp³-hybridized carbons (Fsp3) is 0.273. The van der Waals surface area contributed by atoms with Crippen LogP contribution < -0.4 is 5.32 Å². The molecule has 1 N–H and O–H groups in total. The van der Waals surface area contributed by atoms with Gasteiger partial charge in [-0.25, -0.2) is 0 Å². The van der Waals surface area contributed by atoms with Gasteiger partial charge in [0.2, 0.25) is 5.91 Å². The third-order valence-corrected chi connectivity index (χ3v) is 5.67. The van der Waals surface area contributed by atoms with Crippen molar-refractivity contribution in [3.8, 4) is 0 Å². The molecule has 0 unspecified atom stereocenters. The molecule has 3 nitrogen and oxygen atoms in total. The molecule has 2 atom stereocenters. The Morgan fingerprint density at radius 3 is 2.58 bits per heavy atom. The summed E-state index contributed by atoms with van der Waals surface area (Å²) in [6.07, 6.45) is 1.39. The van der Waals surface area contributed by atoms with Crippen LogP contribution in [0, 0.1) is 6.92 Å². The van der Waals surface area contributed by atoms with Crippen LogP contribution in [0.3, 0.4) is 0 Å². The van der Waals surface area contributed by atoms with Gasteiger partial charge in [0, 0.05) is 35.1 Å². The van der Waals surface area contributed by atoms with Gasteiger partial charge in [0.15, 0.2) is 5.78 Å². The maximum Gasteiger partial charge on any atom is 0.225 e. The molecule has 1 heterocycles. The standard InChI is InChI=1S/C22H20ClNO2/c1-13-5-4-6-14(9-13)17-12-21(26)24-19-10-15(11-20(25)22(17)19)16-7-2-3-8-18(16)23/h2-9,15,17H,10-12H2,1H3,(H,24,26)/t15-,17+/m0/s1. The van der Waals surface area contributed by atoms with E-state index in [1.165, 1.54) is 0 Å². The maximum atomic E-state index is 13.0. The SMILES string of the molecule is Cc1cccc([C@H]2CC(=O)NC3=C2C(=O)C[C@@H](c2ccccc2Cl)C3)c1. The third kappa shape index (κ3) is 3.08. The fourth-order valence-electron chi connectivity index (χ4n) is 4.16. The Hall–Kier alpha value is -2.39. The number of hydrogen-bond donors (Lipinski definition) is 1. The first kappa shape index (κ1) is 17.0. The van der Waals surface area contributed by atoms with Crippen LogP contribution in [-0.2, 0) is 9.59 Å². The number of rotatable bonds is 2. The number of amides is 1. The highest BCUT2D eigenvalue weighted by molar-refractivity contribution is 6.31. The van der Waals surface area contributed by atoms with E-state index in [0.29, 0.717) is 24.3 Å². The number of nitrogens with one attached hydrogen (secondary N) is 1. The zero-order valence-electron chi connectivity index (χ0n) is 14.6. The van der Waals surface area contributed by atoms with Crippen molar-refractivity contribution in [3.05, 3.63) is 81.5 Å². The molecule has 2 aromatic rings. The van der Waals surface area contributed by atoms with Gasteiger partial charge in [-0.3, -0.25) is 9.59 Å². The molecule has 0 saturated carbocycles. The smallest absolute Gasteiger partial charge is 0.225 e. The van der Waals surface area contributed by atoms with Crippen LogP contribution in [-0.4, -0.2) is 11.7 Å². The summed E-state index contributed by atoms with van der Waals surface area (Å²) in [4.78, 5) is 25.4. The monoisotopic (exact) mass is 365 g/mol. The number of Topliss-reactive ketones (excluding diaryl/α,β-unsaturated/α-hetero) is 1. The van der Waals surface area contributed by atoms with E-state index in [-0.39, 0.29) is 23.5 Å². The number of ketones is 1. The normalized spacial score (nSPS) is 22.8. The van der Waals surface area contributed by atoms with Crippen molar-refractivity contribution in [2.75, 3.05) is 0 Å². The van der Waals surface area contributed by atoms with Crippen LogP contribution in [0.4, 0.5) is 0 Å². The molecule has 2 aliphatic rings. The number of aryl methyl sites for hydroxylation is 1. The van der Waals surface area contributed by atoms with Crippen LogP contribution >= 0.6 is 11.6 Å². The Bertz CT molecular complexity index is 931. The molecule has 1 amide bonds. The van der Waals surface area contributed by atoms with Gasteiger partial charge in [0.25, 0.3) is 0 Å². The van der Waals surface area contributed by atoms with Gasteiger partial charge in [-0.05, 0) is 36.5 Å². The van der Waals surface area contributed by atoms with Crippen molar-refractivity contribution >= 4 is 23.3 Å². The largest absolute Gasteiger partial charge is 0.329 e. The summed E-state index contributed by atoms with van der Waals surface area (Å²) in [5, 5.41) is 3.63. The summed E-state index contributed by atoms with van der Waals surface area (Å²) in [6.45, 7) is 2.03.